The van der Waals surface area contributed by atoms with Crippen LogP contribution in [0.1, 0.15) is 5.69 Å². The fourth-order valence-electron chi connectivity index (χ4n) is 0.579. The van der Waals surface area contributed by atoms with Crippen LogP contribution >= 0.6 is 0 Å². The van der Waals surface area contributed by atoms with E-state index in [1.807, 2.05) is 0 Å². The van der Waals surface area contributed by atoms with Gasteiger partial charge in [0.25, 0.3) is 0 Å². The Balaban J connectivity index is 3.03. The summed E-state index contributed by atoms with van der Waals surface area (Å²) in [5.74, 6) is 4.93. The maximum absolute atomic E-state index is 9.03. The van der Waals surface area contributed by atoms with E-state index in [1.165, 1.54) is 12.3 Å². The van der Waals surface area contributed by atoms with Crippen molar-refractivity contribution in [1.29, 1.82) is 0 Å². The number of aromatic hydroxyl groups is 1. The molecule has 0 atom stereocenters. The fourth-order valence-corrected chi connectivity index (χ4v) is 0.579. The van der Waals surface area contributed by atoms with E-state index in [9.17, 15) is 0 Å². The first-order valence-electron chi connectivity index (χ1n) is 2.72. The van der Waals surface area contributed by atoms with Gasteiger partial charge in [-0.3, -0.25) is 4.98 Å². The Labute approximate surface area is 58.0 Å². The zero-order valence-electron chi connectivity index (χ0n) is 5.23. The molecule has 0 aliphatic carbocycles. The first-order chi connectivity index (χ1) is 4.84. The second-order valence-electron chi connectivity index (χ2n) is 1.69. The van der Waals surface area contributed by atoms with Crippen molar-refractivity contribution in [2.75, 3.05) is 0 Å². The van der Waals surface area contributed by atoms with Crippen LogP contribution in [-0.2, 0) is 0 Å². The van der Waals surface area contributed by atoms with Gasteiger partial charge in [0.2, 0.25) is 0 Å². The lowest BCUT2D eigenvalue weighted by Gasteiger charge is -1.92. The SMILES string of the molecule is NN=Cc1ncccc1O. The maximum atomic E-state index is 9.03. The molecular formula is C6H7N3O. The predicted octanol–water partition coefficient (Wildman–Crippen LogP) is 0.0798. The molecule has 10 heavy (non-hydrogen) atoms. The van der Waals surface area contributed by atoms with E-state index < -0.39 is 0 Å². The predicted molar refractivity (Wildman–Crippen MR) is 37.7 cm³/mol. The molecule has 0 amide bonds. The summed E-state index contributed by atoms with van der Waals surface area (Å²) >= 11 is 0. The molecule has 4 heteroatoms. The highest BCUT2D eigenvalue weighted by Crippen LogP contribution is 2.08. The van der Waals surface area contributed by atoms with Crippen LogP contribution in [0.25, 0.3) is 0 Å². The first kappa shape index (κ1) is 6.54. The summed E-state index contributed by atoms with van der Waals surface area (Å²) in [5, 5.41) is 12.3. The minimum absolute atomic E-state index is 0.0803. The third-order valence-electron chi connectivity index (χ3n) is 1.01. The van der Waals surface area contributed by atoms with Crippen LogP contribution in [0.3, 0.4) is 0 Å². The summed E-state index contributed by atoms with van der Waals surface area (Å²) in [6.07, 6.45) is 2.84. The van der Waals surface area contributed by atoms with E-state index in [0.717, 1.165) is 0 Å². The van der Waals surface area contributed by atoms with Crippen LogP contribution in [0.4, 0.5) is 0 Å². The van der Waals surface area contributed by atoms with Crippen molar-refractivity contribution in [1.82, 2.24) is 4.98 Å². The molecule has 0 aromatic carbocycles. The number of nitrogens with two attached hydrogens (primary N) is 1. The molecule has 52 valence electrons. The van der Waals surface area contributed by atoms with Crippen LogP contribution in [0, 0.1) is 0 Å². The molecule has 0 saturated carbocycles. The lowest BCUT2D eigenvalue weighted by Crippen LogP contribution is -1.89. The molecule has 0 aliphatic heterocycles. The number of hydrogen-bond acceptors (Lipinski definition) is 4. The van der Waals surface area contributed by atoms with Crippen molar-refractivity contribution >= 4 is 6.21 Å². The van der Waals surface area contributed by atoms with E-state index in [0.29, 0.717) is 5.69 Å². The molecule has 1 rings (SSSR count). The van der Waals surface area contributed by atoms with E-state index >= 15 is 0 Å². The summed E-state index contributed by atoms with van der Waals surface area (Å²) < 4.78 is 0. The summed E-state index contributed by atoms with van der Waals surface area (Å²) in [7, 11) is 0. The topological polar surface area (TPSA) is 71.5 Å². The highest BCUT2D eigenvalue weighted by Gasteiger charge is 1.94. The maximum Gasteiger partial charge on any atom is 0.142 e. The number of hydrazone groups is 1. The first-order valence-corrected chi connectivity index (χ1v) is 2.72. The third-order valence-corrected chi connectivity index (χ3v) is 1.01. The van der Waals surface area contributed by atoms with Gasteiger partial charge in [-0.2, -0.15) is 5.10 Å². The molecule has 1 heterocycles. The van der Waals surface area contributed by atoms with Crippen LogP contribution in [-0.4, -0.2) is 16.3 Å². The summed E-state index contributed by atoms with van der Waals surface area (Å²) in [6, 6.07) is 3.15. The van der Waals surface area contributed by atoms with Crippen molar-refractivity contribution in [2.45, 2.75) is 0 Å². The van der Waals surface area contributed by atoms with Gasteiger partial charge in [-0.25, -0.2) is 0 Å². The minimum atomic E-state index is 0.0803. The number of pyridine rings is 1. The fraction of sp³-hybridized carbons (Fsp3) is 0. The molecule has 0 bridgehead atoms. The van der Waals surface area contributed by atoms with Crippen LogP contribution in [0.2, 0.25) is 0 Å². The Hall–Kier alpha value is -1.58. The van der Waals surface area contributed by atoms with Gasteiger partial charge < -0.3 is 10.9 Å². The Morgan fingerprint density at radius 3 is 3.10 bits per heavy atom. The van der Waals surface area contributed by atoms with Crippen molar-refractivity contribution in [3.8, 4) is 5.75 Å². The molecule has 0 aliphatic rings. The van der Waals surface area contributed by atoms with Crippen LogP contribution in [0.5, 0.6) is 5.75 Å². The minimum Gasteiger partial charge on any atom is -0.506 e. The highest BCUT2D eigenvalue weighted by molar-refractivity contribution is 5.80. The standard InChI is InChI=1S/C6H7N3O/c7-9-4-5-6(10)2-1-3-8-5/h1-4,10H,7H2. The highest BCUT2D eigenvalue weighted by atomic mass is 16.3. The molecule has 3 N–H and O–H groups in total. The van der Waals surface area contributed by atoms with E-state index in [2.05, 4.69) is 10.1 Å². The smallest absolute Gasteiger partial charge is 0.142 e. The molecule has 0 saturated heterocycles. The molecule has 0 radical (unpaired) electrons. The number of nitrogens with zero attached hydrogens (tertiary/aromatic N) is 2. The average molecular weight is 137 g/mol. The van der Waals surface area contributed by atoms with Gasteiger partial charge in [0, 0.05) is 6.20 Å². The van der Waals surface area contributed by atoms with E-state index in [-0.39, 0.29) is 5.75 Å². The molecule has 0 fully saturated rings. The van der Waals surface area contributed by atoms with E-state index in [1.54, 1.807) is 12.3 Å². The Morgan fingerprint density at radius 2 is 2.50 bits per heavy atom. The van der Waals surface area contributed by atoms with Gasteiger partial charge >= 0.3 is 0 Å². The Bertz CT molecular complexity index is 247. The van der Waals surface area contributed by atoms with Crippen molar-refractivity contribution in [2.24, 2.45) is 10.9 Å². The number of hydrogen-bond donors (Lipinski definition) is 2. The van der Waals surface area contributed by atoms with Gasteiger partial charge in [-0.15, -0.1) is 0 Å². The van der Waals surface area contributed by atoms with Gasteiger partial charge in [0.05, 0.1) is 6.21 Å². The Morgan fingerprint density at radius 1 is 1.70 bits per heavy atom. The second kappa shape index (κ2) is 2.82. The molecule has 0 unspecified atom stereocenters. The lowest BCUT2D eigenvalue weighted by molar-refractivity contribution is 0.471. The summed E-state index contributed by atoms with van der Waals surface area (Å²) in [6.45, 7) is 0. The van der Waals surface area contributed by atoms with Gasteiger partial charge in [-0.05, 0) is 12.1 Å². The van der Waals surface area contributed by atoms with E-state index in [4.69, 9.17) is 10.9 Å². The largest absolute Gasteiger partial charge is 0.506 e. The number of rotatable bonds is 1. The molecular weight excluding hydrogens is 130 g/mol. The normalized spacial score (nSPS) is 10.4. The van der Waals surface area contributed by atoms with Gasteiger partial charge in [0.15, 0.2) is 0 Å². The second-order valence-corrected chi connectivity index (χ2v) is 1.69. The van der Waals surface area contributed by atoms with Crippen molar-refractivity contribution in [3.63, 3.8) is 0 Å². The summed E-state index contributed by atoms with van der Waals surface area (Å²) in [5.41, 5.74) is 0.380. The van der Waals surface area contributed by atoms with Crippen molar-refractivity contribution < 1.29 is 5.11 Å². The zero-order valence-corrected chi connectivity index (χ0v) is 5.23. The monoisotopic (exact) mass is 137 g/mol. The third kappa shape index (κ3) is 1.22. The molecule has 1 aromatic heterocycles. The average Bonchev–Trinajstić information content (AvgIpc) is 1.94. The van der Waals surface area contributed by atoms with Crippen LogP contribution < -0.4 is 5.84 Å². The zero-order chi connectivity index (χ0) is 7.40. The molecule has 0 spiro atoms. The Kier molecular flexibility index (Phi) is 1.84. The molecule has 4 nitrogen and oxygen atoms in total. The van der Waals surface area contributed by atoms with Crippen LogP contribution in [0.15, 0.2) is 23.4 Å². The molecule has 1 aromatic rings. The van der Waals surface area contributed by atoms with Crippen molar-refractivity contribution in [3.05, 3.63) is 24.0 Å². The lowest BCUT2D eigenvalue weighted by atomic mass is 10.3. The summed E-state index contributed by atoms with van der Waals surface area (Å²) in [4.78, 5) is 3.79. The quantitative estimate of drug-likeness (QED) is 0.327. The van der Waals surface area contributed by atoms with Gasteiger partial charge in [0.1, 0.15) is 11.4 Å². The van der Waals surface area contributed by atoms with Gasteiger partial charge in [-0.1, -0.05) is 0 Å². The number of aromatic nitrogens is 1.